The topological polar surface area (TPSA) is 35.5 Å². The van der Waals surface area contributed by atoms with Crippen LogP contribution in [0.4, 0.5) is 0 Å². The summed E-state index contributed by atoms with van der Waals surface area (Å²) < 4.78 is 9.97. The monoisotopic (exact) mass is 228 g/mol. The molecule has 0 bridgehead atoms. The van der Waals surface area contributed by atoms with Crippen molar-refractivity contribution >= 4 is 17.6 Å². The van der Waals surface area contributed by atoms with Crippen molar-refractivity contribution in [2.75, 3.05) is 13.7 Å². The zero-order valence-electron chi connectivity index (χ0n) is 8.75. The molecule has 0 amide bonds. The number of rotatable bonds is 4. The van der Waals surface area contributed by atoms with E-state index in [1.165, 1.54) is 0 Å². The number of methoxy groups -OCH3 is 1. The highest BCUT2D eigenvalue weighted by molar-refractivity contribution is 6.17. The van der Waals surface area contributed by atoms with Gasteiger partial charge in [0, 0.05) is 5.56 Å². The molecular weight excluding hydrogens is 216 g/mol. The van der Waals surface area contributed by atoms with E-state index in [4.69, 9.17) is 21.1 Å². The fraction of sp³-hybridized carbons (Fsp3) is 0.364. The first kappa shape index (κ1) is 11.9. The molecular formula is C11H13ClO3. The Balaban J connectivity index is 2.97. The second-order valence-electron chi connectivity index (χ2n) is 2.88. The van der Waals surface area contributed by atoms with Gasteiger partial charge in [-0.3, -0.25) is 0 Å². The van der Waals surface area contributed by atoms with E-state index in [9.17, 15) is 4.79 Å². The molecule has 1 aromatic rings. The normalized spacial score (nSPS) is 9.80. The minimum absolute atomic E-state index is 0.302. The lowest BCUT2D eigenvalue weighted by Gasteiger charge is -2.07. The van der Waals surface area contributed by atoms with Gasteiger partial charge in [0.1, 0.15) is 5.75 Å². The number of halogens is 1. The lowest BCUT2D eigenvalue weighted by molar-refractivity contribution is 0.0526. The molecule has 0 atom stereocenters. The predicted molar refractivity (Wildman–Crippen MR) is 58.5 cm³/mol. The third-order valence-corrected chi connectivity index (χ3v) is 2.22. The smallest absolute Gasteiger partial charge is 0.338 e. The van der Waals surface area contributed by atoms with Gasteiger partial charge in [-0.05, 0) is 25.1 Å². The number of hydrogen-bond acceptors (Lipinski definition) is 3. The highest BCUT2D eigenvalue weighted by atomic mass is 35.5. The van der Waals surface area contributed by atoms with E-state index in [0.717, 1.165) is 5.56 Å². The predicted octanol–water partition coefficient (Wildman–Crippen LogP) is 2.61. The van der Waals surface area contributed by atoms with Crippen LogP contribution in [0.2, 0.25) is 0 Å². The Labute approximate surface area is 93.9 Å². The van der Waals surface area contributed by atoms with Gasteiger partial charge in [-0.15, -0.1) is 11.6 Å². The quantitative estimate of drug-likeness (QED) is 0.587. The van der Waals surface area contributed by atoms with Crippen LogP contribution in [0.15, 0.2) is 18.2 Å². The second kappa shape index (κ2) is 5.61. The number of ether oxygens (including phenoxy) is 2. The Kier molecular flexibility index (Phi) is 4.43. The minimum atomic E-state index is -0.341. The van der Waals surface area contributed by atoms with Gasteiger partial charge in [0.2, 0.25) is 0 Å². The molecule has 82 valence electrons. The summed E-state index contributed by atoms with van der Waals surface area (Å²) in [5, 5.41) is 0. The minimum Gasteiger partial charge on any atom is -0.496 e. The fourth-order valence-electron chi connectivity index (χ4n) is 1.22. The van der Waals surface area contributed by atoms with Gasteiger partial charge in [-0.25, -0.2) is 4.79 Å². The van der Waals surface area contributed by atoms with Crippen molar-refractivity contribution in [3.8, 4) is 5.75 Å². The third-order valence-electron chi connectivity index (χ3n) is 1.94. The summed E-state index contributed by atoms with van der Waals surface area (Å²) in [4.78, 5) is 11.4. The molecule has 1 aromatic carbocycles. The van der Waals surface area contributed by atoms with Gasteiger partial charge in [-0.2, -0.15) is 0 Å². The first-order valence-electron chi connectivity index (χ1n) is 4.63. The maximum absolute atomic E-state index is 11.4. The van der Waals surface area contributed by atoms with Crippen LogP contribution in [0.5, 0.6) is 5.75 Å². The summed E-state index contributed by atoms with van der Waals surface area (Å²) in [6, 6.07) is 5.06. The molecule has 0 fully saturated rings. The first-order chi connectivity index (χ1) is 7.22. The van der Waals surface area contributed by atoms with Crippen molar-refractivity contribution in [3.05, 3.63) is 29.3 Å². The zero-order valence-corrected chi connectivity index (χ0v) is 9.50. The average Bonchev–Trinajstić information content (AvgIpc) is 2.28. The molecule has 0 saturated heterocycles. The van der Waals surface area contributed by atoms with E-state index >= 15 is 0 Å². The molecule has 0 aliphatic rings. The molecule has 0 heterocycles. The van der Waals surface area contributed by atoms with Crippen LogP contribution in [0.1, 0.15) is 22.8 Å². The van der Waals surface area contributed by atoms with Crippen LogP contribution in [0, 0.1) is 0 Å². The van der Waals surface area contributed by atoms with Crippen molar-refractivity contribution in [2.24, 2.45) is 0 Å². The molecule has 0 aliphatic heterocycles. The highest BCUT2D eigenvalue weighted by Gasteiger charge is 2.09. The number of esters is 1. The number of alkyl halides is 1. The molecule has 0 saturated carbocycles. The van der Waals surface area contributed by atoms with Crippen LogP contribution >= 0.6 is 11.6 Å². The molecule has 4 heteroatoms. The lowest BCUT2D eigenvalue weighted by atomic mass is 10.1. The van der Waals surface area contributed by atoms with Crippen LogP contribution in [0.25, 0.3) is 0 Å². The summed E-state index contributed by atoms with van der Waals surface area (Å²) >= 11 is 5.73. The average molecular weight is 229 g/mol. The van der Waals surface area contributed by atoms with E-state index in [2.05, 4.69) is 0 Å². The van der Waals surface area contributed by atoms with Gasteiger partial charge in [0.15, 0.2) is 0 Å². The SMILES string of the molecule is CCOC(=O)c1ccc(OC)c(CCl)c1. The van der Waals surface area contributed by atoms with Crippen molar-refractivity contribution in [1.82, 2.24) is 0 Å². The van der Waals surface area contributed by atoms with Crippen molar-refractivity contribution in [2.45, 2.75) is 12.8 Å². The van der Waals surface area contributed by atoms with Gasteiger partial charge in [0.05, 0.1) is 25.2 Å². The van der Waals surface area contributed by atoms with Crippen LogP contribution in [0.3, 0.4) is 0 Å². The van der Waals surface area contributed by atoms with E-state index in [1.54, 1.807) is 32.2 Å². The van der Waals surface area contributed by atoms with Crippen molar-refractivity contribution < 1.29 is 14.3 Å². The molecule has 0 aliphatic carbocycles. The van der Waals surface area contributed by atoms with E-state index in [0.29, 0.717) is 23.8 Å². The summed E-state index contributed by atoms with van der Waals surface area (Å²) in [5.74, 6) is 0.640. The van der Waals surface area contributed by atoms with Gasteiger partial charge < -0.3 is 9.47 Å². The van der Waals surface area contributed by atoms with Crippen molar-refractivity contribution in [1.29, 1.82) is 0 Å². The molecule has 0 radical (unpaired) electrons. The van der Waals surface area contributed by atoms with Gasteiger partial charge >= 0.3 is 5.97 Å². The van der Waals surface area contributed by atoms with Gasteiger partial charge in [0.25, 0.3) is 0 Å². The largest absolute Gasteiger partial charge is 0.496 e. The Morgan fingerprint density at radius 2 is 2.20 bits per heavy atom. The Morgan fingerprint density at radius 1 is 1.47 bits per heavy atom. The summed E-state index contributed by atoms with van der Waals surface area (Å²) in [6.45, 7) is 2.13. The van der Waals surface area contributed by atoms with Crippen LogP contribution in [-0.2, 0) is 10.6 Å². The Hall–Kier alpha value is -1.22. The molecule has 0 unspecified atom stereocenters. The number of hydrogen-bond donors (Lipinski definition) is 0. The molecule has 0 aromatic heterocycles. The maximum atomic E-state index is 11.4. The first-order valence-corrected chi connectivity index (χ1v) is 5.16. The number of benzene rings is 1. The molecule has 0 spiro atoms. The van der Waals surface area contributed by atoms with Gasteiger partial charge in [-0.1, -0.05) is 0 Å². The molecule has 3 nitrogen and oxygen atoms in total. The van der Waals surface area contributed by atoms with E-state index in [-0.39, 0.29) is 5.97 Å². The molecule has 1 rings (SSSR count). The maximum Gasteiger partial charge on any atom is 0.338 e. The summed E-state index contributed by atoms with van der Waals surface area (Å²) in [7, 11) is 1.56. The summed E-state index contributed by atoms with van der Waals surface area (Å²) in [6.07, 6.45) is 0. The van der Waals surface area contributed by atoms with E-state index < -0.39 is 0 Å². The third kappa shape index (κ3) is 2.86. The van der Waals surface area contributed by atoms with Crippen molar-refractivity contribution in [3.63, 3.8) is 0 Å². The number of carbonyl (C=O) groups is 1. The molecule has 15 heavy (non-hydrogen) atoms. The summed E-state index contributed by atoms with van der Waals surface area (Å²) in [5.41, 5.74) is 1.28. The van der Waals surface area contributed by atoms with Crippen LogP contribution < -0.4 is 4.74 Å². The zero-order chi connectivity index (χ0) is 11.3. The second-order valence-corrected chi connectivity index (χ2v) is 3.15. The highest BCUT2D eigenvalue weighted by Crippen LogP contribution is 2.21. The lowest BCUT2D eigenvalue weighted by Crippen LogP contribution is -2.05. The van der Waals surface area contributed by atoms with Crippen LogP contribution in [-0.4, -0.2) is 19.7 Å². The Bertz CT molecular complexity index is 350. The Morgan fingerprint density at radius 3 is 2.73 bits per heavy atom. The van der Waals surface area contributed by atoms with E-state index in [1.807, 2.05) is 0 Å². The molecule has 0 N–H and O–H groups in total. The number of carbonyl (C=O) groups excluding carboxylic acids is 1. The fourth-order valence-corrected chi connectivity index (χ4v) is 1.43. The standard InChI is InChI=1S/C11H13ClO3/c1-3-15-11(13)8-4-5-10(14-2)9(6-8)7-12/h4-6H,3,7H2,1-2H3.